The fourth-order valence-corrected chi connectivity index (χ4v) is 3.19. The van der Waals surface area contributed by atoms with Gasteiger partial charge in [0.05, 0.1) is 0 Å². The molecule has 2 rings (SSSR count). The molecule has 0 aliphatic carbocycles. The summed E-state index contributed by atoms with van der Waals surface area (Å²) in [6.07, 6.45) is 2.25. The minimum atomic E-state index is 0.600. The maximum absolute atomic E-state index is 4.64. The number of aliphatic imine (C=N–C) groups is 1. The zero-order valence-corrected chi connectivity index (χ0v) is 12.0. The molecule has 1 aromatic rings. The summed E-state index contributed by atoms with van der Waals surface area (Å²) in [5, 5.41) is 4.64. The fourth-order valence-electron chi connectivity index (χ4n) is 1.97. The Kier molecular flexibility index (Phi) is 5.12. The Balaban J connectivity index is 1.69. The number of thioether (sulfide) groups is 1. The van der Waals surface area contributed by atoms with E-state index in [-0.39, 0.29) is 0 Å². The maximum Gasteiger partial charge on any atom is 0.156 e. The first-order valence-corrected chi connectivity index (χ1v) is 7.72. The molecule has 1 atom stereocenters. The Morgan fingerprint density at radius 3 is 2.78 bits per heavy atom. The highest BCUT2D eigenvalue weighted by Gasteiger charge is 2.22. The number of hydrogen-bond donors (Lipinski definition) is 1. The number of aryl methyl sites for hydroxylation is 1. The van der Waals surface area contributed by atoms with Crippen LogP contribution < -0.4 is 5.32 Å². The van der Waals surface area contributed by atoms with Gasteiger partial charge in [0.1, 0.15) is 0 Å². The van der Waals surface area contributed by atoms with Gasteiger partial charge in [-0.3, -0.25) is 4.99 Å². The van der Waals surface area contributed by atoms with Crippen LogP contribution in [0.3, 0.4) is 0 Å². The van der Waals surface area contributed by atoms with Gasteiger partial charge in [-0.1, -0.05) is 55.9 Å². The van der Waals surface area contributed by atoms with Gasteiger partial charge >= 0.3 is 0 Å². The van der Waals surface area contributed by atoms with E-state index in [0.29, 0.717) is 12.0 Å². The molecule has 98 valence electrons. The molecule has 0 radical (unpaired) electrons. The van der Waals surface area contributed by atoms with E-state index >= 15 is 0 Å². The van der Waals surface area contributed by atoms with Crippen molar-refractivity contribution in [3.63, 3.8) is 0 Å². The predicted octanol–water partition coefficient (Wildman–Crippen LogP) is 3.34. The first-order chi connectivity index (χ1) is 8.75. The summed E-state index contributed by atoms with van der Waals surface area (Å²) in [6.45, 7) is 5.45. The molecule has 1 N–H and O–H groups in total. The molecule has 1 aromatic carbocycles. The van der Waals surface area contributed by atoms with Gasteiger partial charge < -0.3 is 5.32 Å². The summed E-state index contributed by atoms with van der Waals surface area (Å²) in [5.41, 5.74) is 1.41. The van der Waals surface area contributed by atoms with Gasteiger partial charge in [-0.25, -0.2) is 0 Å². The monoisotopic (exact) mass is 262 g/mol. The summed E-state index contributed by atoms with van der Waals surface area (Å²) < 4.78 is 0. The summed E-state index contributed by atoms with van der Waals surface area (Å²) >= 11 is 1.86. The van der Waals surface area contributed by atoms with Crippen LogP contribution in [0.25, 0.3) is 0 Å². The van der Waals surface area contributed by atoms with Crippen LogP contribution in [-0.2, 0) is 6.42 Å². The Bertz CT molecular complexity index is 387. The average Bonchev–Trinajstić information content (AvgIpc) is 2.85. The first-order valence-electron chi connectivity index (χ1n) is 6.73. The van der Waals surface area contributed by atoms with Crippen LogP contribution in [0.15, 0.2) is 35.3 Å². The third-order valence-electron chi connectivity index (χ3n) is 3.24. The van der Waals surface area contributed by atoms with Crippen molar-refractivity contribution in [3.05, 3.63) is 35.9 Å². The van der Waals surface area contributed by atoms with Crippen LogP contribution in [0, 0.1) is 5.92 Å². The quantitative estimate of drug-likeness (QED) is 0.823. The Hall–Kier alpha value is -0.960. The molecule has 1 fully saturated rings. The topological polar surface area (TPSA) is 24.4 Å². The third-order valence-corrected chi connectivity index (χ3v) is 4.28. The number of benzene rings is 1. The minimum absolute atomic E-state index is 0.600. The molecule has 0 bridgehead atoms. The van der Waals surface area contributed by atoms with Crippen LogP contribution in [0.1, 0.15) is 25.8 Å². The van der Waals surface area contributed by atoms with Gasteiger partial charge in [-0.2, -0.15) is 0 Å². The molecule has 18 heavy (non-hydrogen) atoms. The van der Waals surface area contributed by atoms with Crippen molar-refractivity contribution < 1.29 is 0 Å². The molecule has 0 saturated carbocycles. The number of amidine groups is 1. The van der Waals surface area contributed by atoms with Crippen molar-refractivity contribution >= 4 is 16.9 Å². The molecule has 3 heteroatoms. The molecule has 1 saturated heterocycles. The highest BCUT2D eigenvalue weighted by atomic mass is 32.2. The van der Waals surface area contributed by atoms with Crippen molar-refractivity contribution in [1.82, 2.24) is 5.32 Å². The highest BCUT2D eigenvalue weighted by molar-refractivity contribution is 8.14. The molecular weight excluding hydrogens is 240 g/mol. The lowest BCUT2D eigenvalue weighted by atomic mass is 10.1. The summed E-state index contributed by atoms with van der Waals surface area (Å²) in [7, 11) is 0. The van der Waals surface area contributed by atoms with Gasteiger partial charge in [-0.15, -0.1) is 0 Å². The first kappa shape index (κ1) is 13.5. The van der Waals surface area contributed by atoms with E-state index in [1.54, 1.807) is 0 Å². The van der Waals surface area contributed by atoms with Crippen LogP contribution in [0.5, 0.6) is 0 Å². The van der Waals surface area contributed by atoms with E-state index in [9.17, 15) is 0 Å². The fraction of sp³-hybridized carbons (Fsp3) is 0.533. The van der Waals surface area contributed by atoms with Crippen LogP contribution in [-0.4, -0.2) is 23.5 Å². The van der Waals surface area contributed by atoms with E-state index in [1.807, 2.05) is 11.8 Å². The number of rotatable bonds is 5. The van der Waals surface area contributed by atoms with E-state index in [1.165, 1.54) is 5.56 Å². The standard InChI is InChI=1S/C15H22N2S/c1-12(2)14-11-18-15(17-14)16-10-6-9-13-7-4-3-5-8-13/h3-5,7-8,12,14H,6,9-11H2,1-2H3,(H,16,17). The largest absolute Gasteiger partial charge is 0.361 e. The van der Waals surface area contributed by atoms with Gasteiger partial charge in [0, 0.05) is 18.3 Å². The molecule has 2 nitrogen and oxygen atoms in total. The number of hydrogen-bond acceptors (Lipinski definition) is 2. The van der Waals surface area contributed by atoms with E-state index in [0.717, 1.165) is 30.3 Å². The van der Waals surface area contributed by atoms with Crippen molar-refractivity contribution in [2.45, 2.75) is 32.7 Å². The number of nitrogens with one attached hydrogen (secondary N) is 1. The van der Waals surface area contributed by atoms with E-state index < -0.39 is 0 Å². The van der Waals surface area contributed by atoms with E-state index in [4.69, 9.17) is 0 Å². The van der Waals surface area contributed by atoms with Gasteiger partial charge in [0.15, 0.2) is 5.17 Å². The molecule has 0 aromatic heterocycles. The second kappa shape index (κ2) is 6.83. The lowest BCUT2D eigenvalue weighted by Gasteiger charge is -2.13. The second-order valence-corrected chi connectivity index (χ2v) is 6.09. The van der Waals surface area contributed by atoms with Crippen molar-refractivity contribution in [1.29, 1.82) is 0 Å². The molecule has 1 aliphatic rings. The Morgan fingerprint density at radius 2 is 2.11 bits per heavy atom. The Labute approximate surface area is 114 Å². The van der Waals surface area contributed by atoms with Gasteiger partial charge in [0.2, 0.25) is 0 Å². The van der Waals surface area contributed by atoms with Gasteiger partial charge in [-0.05, 0) is 24.3 Å². The molecule has 1 aliphatic heterocycles. The molecule has 1 heterocycles. The highest BCUT2D eigenvalue weighted by Crippen LogP contribution is 2.19. The lowest BCUT2D eigenvalue weighted by Crippen LogP contribution is -2.31. The molecule has 0 spiro atoms. The molecule has 1 unspecified atom stereocenters. The van der Waals surface area contributed by atoms with Crippen molar-refractivity contribution in [2.75, 3.05) is 12.3 Å². The van der Waals surface area contributed by atoms with Crippen molar-refractivity contribution in [2.24, 2.45) is 10.9 Å². The predicted molar refractivity (Wildman–Crippen MR) is 81.3 cm³/mol. The molecular formula is C15H22N2S. The molecule has 0 amide bonds. The van der Waals surface area contributed by atoms with E-state index in [2.05, 4.69) is 54.5 Å². The zero-order chi connectivity index (χ0) is 12.8. The smallest absolute Gasteiger partial charge is 0.156 e. The number of nitrogens with zero attached hydrogens (tertiary/aromatic N) is 1. The SMILES string of the molecule is CC(C)C1CSC(=NCCCc2ccccc2)N1. The van der Waals surface area contributed by atoms with Crippen LogP contribution in [0.2, 0.25) is 0 Å². The van der Waals surface area contributed by atoms with Crippen LogP contribution >= 0.6 is 11.8 Å². The summed E-state index contributed by atoms with van der Waals surface area (Å²) in [4.78, 5) is 4.64. The normalized spacial score (nSPS) is 21.5. The third kappa shape index (κ3) is 4.05. The minimum Gasteiger partial charge on any atom is -0.361 e. The Morgan fingerprint density at radius 1 is 1.33 bits per heavy atom. The summed E-state index contributed by atoms with van der Waals surface area (Å²) in [6, 6.07) is 11.2. The summed E-state index contributed by atoms with van der Waals surface area (Å²) in [5.74, 6) is 1.85. The zero-order valence-electron chi connectivity index (χ0n) is 11.2. The lowest BCUT2D eigenvalue weighted by molar-refractivity contribution is 0.503. The van der Waals surface area contributed by atoms with Crippen molar-refractivity contribution in [3.8, 4) is 0 Å². The second-order valence-electron chi connectivity index (χ2n) is 5.08. The van der Waals surface area contributed by atoms with Gasteiger partial charge in [0.25, 0.3) is 0 Å². The maximum atomic E-state index is 4.64. The average molecular weight is 262 g/mol. The van der Waals surface area contributed by atoms with Crippen LogP contribution in [0.4, 0.5) is 0 Å².